The van der Waals surface area contributed by atoms with Crippen molar-refractivity contribution in [1.82, 2.24) is 4.90 Å². The minimum absolute atomic E-state index is 0.291. The smallest absolute Gasteiger partial charge is 0.160 e. The number of hydrogen-bond acceptors (Lipinski definition) is 4. The first-order valence-corrected chi connectivity index (χ1v) is 9.77. The van der Waals surface area contributed by atoms with Crippen LogP contribution in [0.15, 0.2) is 54.6 Å². The van der Waals surface area contributed by atoms with Gasteiger partial charge in [-0.1, -0.05) is 54.6 Å². The van der Waals surface area contributed by atoms with E-state index in [1.807, 2.05) is 12.1 Å². The Morgan fingerprint density at radius 2 is 1.59 bits per heavy atom. The van der Waals surface area contributed by atoms with Crippen LogP contribution < -0.4 is 0 Å². The molecule has 4 nitrogen and oxygen atoms in total. The summed E-state index contributed by atoms with van der Waals surface area (Å²) in [6.07, 6.45) is 2.91. The fourth-order valence-corrected chi connectivity index (χ4v) is 3.94. The molecule has 0 aliphatic carbocycles. The summed E-state index contributed by atoms with van der Waals surface area (Å²) < 4.78 is 10.7. The molecule has 2 aromatic carbocycles. The summed E-state index contributed by atoms with van der Waals surface area (Å²) >= 11 is 0. The summed E-state index contributed by atoms with van der Waals surface area (Å²) in [7, 11) is 3.30. The lowest BCUT2D eigenvalue weighted by Crippen LogP contribution is -2.43. The number of benzene rings is 2. The number of ether oxygens (including phenoxy) is 2. The maximum Gasteiger partial charge on any atom is 0.160 e. The first-order valence-electron chi connectivity index (χ1n) is 9.77. The molecular weight excluding hydrogens is 338 g/mol. The van der Waals surface area contributed by atoms with Crippen LogP contribution in [0.3, 0.4) is 0 Å². The summed E-state index contributed by atoms with van der Waals surface area (Å²) in [5, 5.41) is 11.4. The van der Waals surface area contributed by atoms with Gasteiger partial charge in [0.15, 0.2) is 6.29 Å². The molecule has 0 bridgehead atoms. The van der Waals surface area contributed by atoms with Crippen molar-refractivity contribution in [3.05, 3.63) is 71.3 Å². The molecule has 0 aromatic heterocycles. The number of rotatable bonds is 8. The van der Waals surface area contributed by atoms with Crippen molar-refractivity contribution in [2.24, 2.45) is 0 Å². The Balaban J connectivity index is 1.62. The van der Waals surface area contributed by atoms with Gasteiger partial charge in [0.1, 0.15) is 0 Å². The first-order chi connectivity index (χ1) is 13.1. The maximum atomic E-state index is 11.4. The average molecular weight is 370 g/mol. The van der Waals surface area contributed by atoms with Gasteiger partial charge in [-0.2, -0.15) is 0 Å². The van der Waals surface area contributed by atoms with Crippen LogP contribution in [0, 0.1) is 0 Å². The van der Waals surface area contributed by atoms with Gasteiger partial charge in [0.05, 0.1) is 5.60 Å². The van der Waals surface area contributed by atoms with E-state index < -0.39 is 5.60 Å². The zero-order valence-corrected chi connectivity index (χ0v) is 16.4. The molecule has 146 valence electrons. The Hall–Kier alpha value is -1.72. The van der Waals surface area contributed by atoms with Crippen molar-refractivity contribution in [3.63, 3.8) is 0 Å². The topological polar surface area (TPSA) is 41.9 Å². The number of piperidine rings is 1. The third kappa shape index (κ3) is 5.17. The Labute approximate surface area is 162 Å². The summed E-state index contributed by atoms with van der Waals surface area (Å²) in [6, 6.07) is 18.7. The Kier molecular flexibility index (Phi) is 7.02. The third-order valence-corrected chi connectivity index (χ3v) is 5.67. The van der Waals surface area contributed by atoms with Crippen LogP contribution in [-0.4, -0.2) is 50.2 Å². The number of hydrogen-bond donors (Lipinski definition) is 1. The SMILES string of the molecule is COC(Cc1ccccc1C1(O)CCN(CCc2ccccc2)CC1)OC. The molecule has 3 rings (SSSR count). The monoisotopic (exact) mass is 369 g/mol. The maximum absolute atomic E-state index is 11.4. The molecule has 0 saturated carbocycles. The second kappa shape index (κ2) is 9.47. The highest BCUT2D eigenvalue weighted by Gasteiger charge is 2.35. The van der Waals surface area contributed by atoms with Crippen LogP contribution >= 0.6 is 0 Å². The Morgan fingerprint density at radius 3 is 2.26 bits per heavy atom. The van der Waals surface area contributed by atoms with E-state index in [9.17, 15) is 5.11 Å². The largest absolute Gasteiger partial charge is 0.385 e. The number of nitrogens with zero attached hydrogens (tertiary/aromatic N) is 1. The van der Waals surface area contributed by atoms with Crippen LogP contribution in [0.5, 0.6) is 0 Å². The molecule has 0 spiro atoms. The van der Waals surface area contributed by atoms with Gasteiger partial charge in [0.2, 0.25) is 0 Å². The molecule has 1 fully saturated rings. The minimum atomic E-state index is -0.772. The number of methoxy groups -OCH3 is 2. The normalized spacial score (nSPS) is 17.3. The van der Waals surface area contributed by atoms with Crippen molar-refractivity contribution in [1.29, 1.82) is 0 Å². The standard InChI is InChI=1S/C23H31NO3/c1-26-22(27-2)18-20-10-6-7-11-21(20)23(25)13-16-24(17-14-23)15-12-19-8-4-3-5-9-19/h3-11,22,25H,12-18H2,1-2H3. The fourth-order valence-electron chi connectivity index (χ4n) is 3.94. The lowest BCUT2D eigenvalue weighted by molar-refractivity contribution is -0.101. The van der Waals surface area contributed by atoms with Gasteiger partial charge in [0, 0.05) is 40.3 Å². The van der Waals surface area contributed by atoms with Crippen molar-refractivity contribution in [3.8, 4) is 0 Å². The lowest BCUT2D eigenvalue weighted by Gasteiger charge is -2.39. The van der Waals surface area contributed by atoms with Crippen LogP contribution in [0.1, 0.15) is 29.5 Å². The molecule has 1 saturated heterocycles. The predicted octanol–water partition coefficient (Wildman–Crippen LogP) is 3.37. The summed E-state index contributed by atoms with van der Waals surface area (Å²) in [5.74, 6) is 0. The fraction of sp³-hybridized carbons (Fsp3) is 0.478. The van der Waals surface area contributed by atoms with Crippen LogP contribution in [0.2, 0.25) is 0 Å². The van der Waals surface area contributed by atoms with Gasteiger partial charge in [-0.05, 0) is 36.0 Å². The Morgan fingerprint density at radius 1 is 0.963 bits per heavy atom. The van der Waals surface area contributed by atoms with Gasteiger partial charge in [-0.25, -0.2) is 0 Å². The number of aliphatic hydroxyl groups is 1. The average Bonchev–Trinajstić information content (AvgIpc) is 2.72. The van der Waals surface area contributed by atoms with Crippen molar-refractivity contribution in [2.75, 3.05) is 33.9 Å². The molecule has 0 unspecified atom stereocenters. The molecule has 1 N–H and O–H groups in total. The highest BCUT2D eigenvalue weighted by Crippen LogP contribution is 2.35. The second-order valence-electron chi connectivity index (χ2n) is 7.37. The Bertz CT molecular complexity index is 692. The van der Waals surface area contributed by atoms with Crippen LogP contribution in [0.25, 0.3) is 0 Å². The molecule has 2 aromatic rings. The van der Waals surface area contributed by atoms with E-state index in [0.29, 0.717) is 6.42 Å². The predicted molar refractivity (Wildman–Crippen MR) is 108 cm³/mol. The van der Waals surface area contributed by atoms with Gasteiger partial charge in [0.25, 0.3) is 0 Å². The van der Waals surface area contributed by atoms with Crippen molar-refractivity contribution in [2.45, 2.75) is 37.6 Å². The van der Waals surface area contributed by atoms with E-state index in [1.54, 1.807) is 14.2 Å². The van der Waals surface area contributed by atoms with Gasteiger partial charge in [-0.15, -0.1) is 0 Å². The van der Waals surface area contributed by atoms with E-state index in [0.717, 1.165) is 50.0 Å². The lowest BCUT2D eigenvalue weighted by atomic mass is 9.81. The molecule has 0 amide bonds. The highest BCUT2D eigenvalue weighted by atomic mass is 16.7. The van der Waals surface area contributed by atoms with Crippen molar-refractivity contribution >= 4 is 0 Å². The number of likely N-dealkylation sites (tertiary alicyclic amines) is 1. The molecule has 0 atom stereocenters. The summed E-state index contributed by atoms with van der Waals surface area (Å²) in [4.78, 5) is 2.46. The third-order valence-electron chi connectivity index (χ3n) is 5.67. The van der Waals surface area contributed by atoms with Gasteiger partial charge in [-0.3, -0.25) is 0 Å². The molecule has 1 aliphatic heterocycles. The van der Waals surface area contributed by atoms with Gasteiger partial charge < -0.3 is 19.5 Å². The first kappa shape index (κ1) is 20.0. The van der Waals surface area contributed by atoms with Crippen LogP contribution in [-0.2, 0) is 27.9 Å². The minimum Gasteiger partial charge on any atom is -0.385 e. The van der Waals surface area contributed by atoms with E-state index in [-0.39, 0.29) is 6.29 Å². The molecule has 1 aliphatic rings. The van der Waals surface area contributed by atoms with Crippen LogP contribution in [0.4, 0.5) is 0 Å². The quantitative estimate of drug-likeness (QED) is 0.725. The molecule has 0 radical (unpaired) electrons. The van der Waals surface area contributed by atoms with E-state index in [4.69, 9.17) is 9.47 Å². The molecule has 27 heavy (non-hydrogen) atoms. The summed E-state index contributed by atoms with van der Waals surface area (Å²) in [6.45, 7) is 2.86. The zero-order chi connectivity index (χ0) is 19.1. The zero-order valence-electron chi connectivity index (χ0n) is 16.4. The van der Waals surface area contributed by atoms with Gasteiger partial charge >= 0.3 is 0 Å². The van der Waals surface area contributed by atoms with E-state index in [1.165, 1.54) is 5.56 Å². The van der Waals surface area contributed by atoms with E-state index in [2.05, 4.69) is 47.4 Å². The molecule has 4 heteroatoms. The van der Waals surface area contributed by atoms with E-state index >= 15 is 0 Å². The van der Waals surface area contributed by atoms with Crippen molar-refractivity contribution < 1.29 is 14.6 Å². The second-order valence-corrected chi connectivity index (χ2v) is 7.37. The molecular formula is C23H31NO3. The highest BCUT2D eigenvalue weighted by molar-refractivity contribution is 5.33. The summed E-state index contributed by atoms with van der Waals surface area (Å²) in [5.41, 5.74) is 2.72. The molecule has 1 heterocycles.